The molecule has 1 aliphatic rings. The zero-order valence-electron chi connectivity index (χ0n) is 12.7. The number of nitrogens with two attached hydrogens (primary N) is 1. The molecule has 1 fully saturated rings. The fourth-order valence-electron chi connectivity index (χ4n) is 2.55. The topological polar surface area (TPSA) is 46.3 Å². The molecule has 1 unspecified atom stereocenters. The van der Waals surface area contributed by atoms with E-state index in [1.807, 2.05) is 11.8 Å². The Morgan fingerprint density at radius 1 is 1.21 bits per heavy atom. The lowest BCUT2D eigenvalue weighted by molar-refractivity contribution is -0.132. The van der Waals surface area contributed by atoms with E-state index in [0.29, 0.717) is 12.3 Å². The van der Waals surface area contributed by atoms with Gasteiger partial charge in [-0.3, -0.25) is 4.79 Å². The van der Waals surface area contributed by atoms with E-state index in [9.17, 15) is 4.79 Å². The number of carbonyl (C=O) groups excluding carboxylic acids is 1. The van der Waals surface area contributed by atoms with Gasteiger partial charge in [0.2, 0.25) is 5.91 Å². The molecule has 0 aromatic heterocycles. The van der Waals surface area contributed by atoms with Crippen LogP contribution in [0.3, 0.4) is 0 Å². The number of nitrogens with zero attached hydrogens (tertiary/aromatic N) is 1. The number of piperidine rings is 1. The highest BCUT2D eigenvalue weighted by atomic mass is 35.5. The summed E-state index contributed by atoms with van der Waals surface area (Å²) in [6, 6.07) is 0.137. The standard InChI is InChI=1S/C15H30N2O.ClH/c1-12(2)4-6-14-8-10-17(11-9-14)15(18)7-5-13(3)16;/h12-14H,4-11,16H2,1-3H3;1H. The number of halogens is 1. The van der Waals surface area contributed by atoms with Crippen LogP contribution in [0.4, 0.5) is 0 Å². The molecule has 4 heteroatoms. The predicted molar refractivity (Wildman–Crippen MR) is 83.5 cm³/mol. The molecule has 1 atom stereocenters. The molecule has 0 aromatic carbocycles. The van der Waals surface area contributed by atoms with Crippen LogP contribution in [0, 0.1) is 11.8 Å². The van der Waals surface area contributed by atoms with Gasteiger partial charge >= 0.3 is 0 Å². The molecule has 1 rings (SSSR count). The highest BCUT2D eigenvalue weighted by Crippen LogP contribution is 2.24. The molecule has 3 nitrogen and oxygen atoms in total. The van der Waals surface area contributed by atoms with Crippen LogP contribution in [0.25, 0.3) is 0 Å². The minimum atomic E-state index is 0. The normalized spacial score (nSPS) is 18.3. The van der Waals surface area contributed by atoms with Gasteiger partial charge < -0.3 is 10.6 Å². The van der Waals surface area contributed by atoms with Gasteiger partial charge in [-0.05, 0) is 38.0 Å². The summed E-state index contributed by atoms with van der Waals surface area (Å²) in [5.41, 5.74) is 5.69. The maximum atomic E-state index is 11.9. The Bertz CT molecular complexity index is 249. The van der Waals surface area contributed by atoms with Crippen molar-refractivity contribution in [3.8, 4) is 0 Å². The van der Waals surface area contributed by atoms with Gasteiger partial charge in [0.15, 0.2) is 0 Å². The van der Waals surface area contributed by atoms with Gasteiger partial charge in [-0.1, -0.05) is 26.7 Å². The average molecular weight is 291 g/mol. The highest BCUT2D eigenvalue weighted by Gasteiger charge is 2.22. The summed E-state index contributed by atoms with van der Waals surface area (Å²) in [6.45, 7) is 8.45. The van der Waals surface area contributed by atoms with Crippen molar-refractivity contribution in [3.63, 3.8) is 0 Å². The van der Waals surface area contributed by atoms with Crippen molar-refractivity contribution in [1.29, 1.82) is 0 Å². The van der Waals surface area contributed by atoms with E-state index in [4.69, 9.17) is 5.73 Å². The van der Waals surface area contributed by atoms with Gasteiger partial charge in [0.25, 0.3) is 0 Å². The van der Waals surface area contributed by atoms with E-state index in [1.54, 1.807) is 0 Å². The lowest BCUT2D eigenvalue weighted by Crippen LogP contribution is -2.39. The Balaban J connectivity index is 0.00000324. The summed E-state index contributed by atoms with van der Waals surface area (Å²) in [4.78, 5) is 14.0. The molecule has 114 valence electrons. The van der Waals surface area contributed by atoms with Gasteiger partial charge in [0.05, 0.1) is 0 Å². The Kier molecular flexibility index (Phi) is 9.46. The lowest BCUT2D eigenvalue weighted by Gasteiger charge is -2.32. The highest BCUT2D eigenvalue weighted by molar-refractivity contribution is 5.85. The van der Waals surface area contributed by atoms with E-state index in [-0.39, 0.29) is 18.4 Å². The number of amides is 1. The molecule has 1 saturated heterocycles. The molecule has 0 radical (unpaired) electrons. The molecule has 2 N–H and O–H groups in total. The Morgan fingerprint density at radius 3 is 2.26 bits per heavy atom. The molecular weight excluding hydrogens is 260 g/mol. The van der Waals surface area contributed by atoms with E-state index in [2.05, 4.69) is 13.8 Å². The first-order valence-corrected chi connectivity index (χ1v) is 7.52. The Hall–Kier alpha value is -0.280. The summed E-state index contributed by atoms with van der Waals surface area (Å²) < 4.78 is 0. The third-order valence-corrected chi connectivity index (χ3v) is 3.93. The van der Waals surface area contributed by atoms with Crippen LogP contribution < -0.4 is 5.73 Å². The van der Waals surface area contributed by atoms with Crippen molar-refractivity contribution < 1.29 is 4.79 Å². The maximum absolute atomic E-state index is 11.9. The predicted octanol–water partition coefficient (Wildman–Crippen LogP) is 3.21. The summed E-state index contributed by atoms with van der Waals surface area (Å²) in [6.07, 6.45) is 6.47. The van der Waals surface area contributed by atoms with Crippen LogP contribution >= 0.6 is 12.4 Å². The molecule has 0 aromatic rings. The van der Waals surface area contributed by atoms with Crippen molar-refractivity contribution in [3.05, 3.63) is 0 Å². The molecule has 0 saturated carbocycles. The molecule has 1 heterocycles. The van der Waals surface area contributed by atoms with Crippen molar-refractivity contribution in [1.82, 2.24) is 4.90 Å². The summed E-state index contributed by atoms with van der Waals surface area (Å²) in [5.74, 6) is 1.94. The minimum absolute atomic E-state index is 0. The quantitative estimate of drug-likeness (QED) is 0.816. The molecule has 0 bridgehead atoms. The largest absolute Gasteiger partial charge is 0.343 e. The van der Waals surface area contributed by atoms with Crippen molar-refractivity contribution >= 4 is 18.3 Å². The smallest absolute Gasteiger partial charge is 0.222 e. The second kappa shape index (κ2) is 9.60. The van der Waals surface area contributed by atoms with E-state index in [0.717, 1.165) is 31.3 Å². The Morgan fingerprint density at radius 2 is 1.79 bits per heavy atom. The zero-order chi connectivity index (χ0) is 13.5. The molecule has 0 spiro atoms. The van der Waals surface area contributed by atoms with Crippen LogP contribution in [-0.4, -0.2) is 29.9 Å². The number of hydrogen-bond acceptors (Lipinski definition) is 2. The summed E-state index contributed by atoms with van der Waals surface area (Å²) in [7, 11) is 0. The van der Waals surface area contributed by atoms with Gasteiger partial charge in [-0.25, -0.2) is 0 Å². The summed E-state index contributed by atoms with van der Waals surface area (Å²) >= 11 is 0. The number of carbonyl (C=O) groups is 1. The third-order valence-electron chi connectivity index (χ3n) is 3.93. The molecule has 19 heavy (non-hydrogen) atoms. The Labute approximate surface area is 124 Å². The van der Waals surface area contributed by atoms with Gasteiger partial charge in [0, 0.05) is 25.6 Å². The second-order valence-electron chi connectivity index (χ2n) is 6.31. The van der Waals surface area contributed by atoms with Crippen molar-refractivity contribution in [2.75, 3.05) is 13.1 Å². The van der Waals surface area contributed by atoms with Crippen LogP contribution in [0.15, 0.2) is 0 Å². The lowest BCUT2D eigenvalue weighted by atomic mass is 9.89. The molecule has 1 amide bonds. The number of likely N-dealkylation sites (tertiary alicyclic amines) is 1. The fraction of sp³-hybridized carbons (Fsp3) is 0.933. The number of hydrogen-bond donors (Lipinski definition) is 1. The van der Waals surface area contributed by atoms with Crippen LogP contribution in [0.1, 0.15) is 59.3 Å². The van der Waals surface area contributed by atoms with E-state index >= 15 is 0 Å². The van der Waals surface area contributed by atoms with E-state index < -0.39 is 0 Å². The van der Waals surface area contributed by atoms with Gasteiger partial charge in [-0.2, -0.15) is 0 Å². The average Bonchev–Trinajstić information content (AvgIpc) is 2.34. The monoisotopic (exact) mass is 290 g/mol. The first-order chi connectivity index (χ1) is 8.49. The third kappa shape index (κ3) is 7.78. The van der Waals surface area contributed by atoms with Gasteiger partial charge in [-0.15, -0.1) is 12.4 Å². The van der Waals surface area contributed by atoms with Crippen molar-refractivity contribution in [2.45, 2.75) is 65.3 Å². The van der Waals surface area contributed by atoms with Crippen molar-refractivity contribution in [2.24, 2.45) is 17.6 Å². The van der Waals surface area contributed by atoms with Crippen LogP contribution in [0.2, 0.25) is 0 Å². The second-order valence-corrected chi connectivity index (χ2v) is 6.31. The first kappa shape index (κ1) is 18.7. The minimum Gasteiger partial charge on any atom is -0.343 e. The van der Waals surface area contributed by atoms with Crippen LogP contribution in [0.5, 0.6) is 0 Å². The molecule has 0 aliphatic carbocycles. The number of rotatable bonds is 6. The summed E-state index contributed by atoms with van der Waals surface area (Å²) in [5, 5.41) is 0. The SMILES string of the molecule is CC(C)CCC1CCN(C(=O)CCC(C)N)CC1.Cl. The molecule has 1 aliphatic heterocycles. The maximum Gasteiger partial charge on any atom is 0.222 e. The zero-order valence-corrected chi connectivity index (χ0v) is 13.5. The molecular formula is C15H31ClN2O. The van der Waals surface area contributed by atoms with Gasteiger partial charge in [0.1, 0.15) is 0 Å². The van der Waals surface area contributed by atoms with Crippen LogP contribution in [-0.2, 0) is 4.79 Å². The fourth-order valence-corrected chi connectivity index (χ4v) is 2.55. The first-order valence-electron chi connectivity index (χ1n) is 7.52. The van der Waals surface area contributed by atoms with E-state index in [1.165, 1.54) is 25.7 Å².